The van der Waals surface area contributed by atoms with Crippen LogP contribution in [-0.4, -0.2) is 34.1 Å². The predicted molar refractivity (Wildman–Crippen MR) is 81.1 cm³/mol. The van der Waals surface area contributed by atoms with Gasteiger partial charge in [-0.2, -0.15) is 0 Å². The van der Waals surface area contributed by atoms with Gasteiger partial charge in [0.2, 0.25) is 5.91 Å². The number of hydrogen-bond donors (Lipinski definition) is 2. The molecule has 10 heteroatoms. The number of nitrogens with zero attached hydrogens (tertiary/aromatic N) is 3. The average Bonchev–Trinajstić information content (AvgIpc) is 2.88. The maximum atomic E-state index is 11.9. The number of ether oxygens (including phenoxy) is 1. The second kappa shape index (κ2) is 7.10. The number of carbonyl (C=O) groups excluding carboxylic acids is 2. The summed E-state index contributed by atoms with van der Waals surface area (Å²) < 4.78 is 5.67. The Morgan fingerprint density at radius 3 is 2.77 bits per heavy atom. The molecule has 0 bridgehead atoms. The third kappa shape index (κ3) is 4.34. The highest BCUT2D eigenvalue weighted by atomic mass is 35.5. The van der Waals surface area contributed by atoms with E-state index in [0.29, 0.717) is 15.7 Å². The molecule has 0 spiro atoms. The van der Waals surface area contributed by atoms with Crippen LogP contribution in [0.2, 0.25) is 10.0 Å². The highest BCUT2D eigenvalue weighted by molar-refractivity contribution is 6.36. The van der Waals surface area contributed by atoms with Crippen LogP contribution >= 0.6 is 23.2 Å². The molecule has 1 heterocycles. The van der Waals surface area contributed by atoms with E-state index in [0.717, 1.165) is 0 Å². The first kappa shape index (κ1) is 16.1. The SMILES string of the molecule is COC(=O)Nc1cn(CC(=O)Nc2ccc(Cl)cc2Cl)nn1. The number of aromatic nitrogens is 3. The lowest BCUT2D eigenvalue weighted by atomic mass is 10.3. The zero-order valence-electron chi connectivity index (χ0n) is 11.3. The summed E-state index contributed by atoms with van der Waals surface area (Å²) in [4.78, 5) is 22.9. The minimum Gasteiger partial charge on any atom is -0.453 e. The minimum absolute atomic E-state index is 0.102. The molecule has 0 radical (unpaired) electrons. The maximum Gasteiger partial charge on any atom is 0.412 e. The summed E-state index contributed by atoms with van der Waals surface area (Å²) in [5.74, 6) is -0.192. The number of hydrogen-bond acceptors (Lipinski definition) is 5. The molecule has 1 aromatic carbocycles. The monoisotopic (exact) mass is 343 g/mol. The Kier molecular flexibility index (Phi) is 5.18. The first-order chi connectivity index (χ1) is 10.5. The van der Waals surface area contributed by atoms with Gasteiger partial charge in [-0.3, -0.25) is 10.1 Å². The van der Waals surface area contributed by atoms with Crippen molar-refractivity contribution in [3.63, 3.8) is 0 Å². The van der Waals surface area contributed by atoms with Crippen molar-refractivity contribution >= 4 is 46.7 Å². The Hall–Kier alpha value is -2.32. The largest absolute Gasteiger partial charge is 0.453 e. The van der Waals surface area contributed by atoms with Crippen LogP contribution in [0.1, 0.15) is 0 Å². The van der Waals surface area contributed by atoms with Crippen molar-refractivity contribution in [3.05, 3.63) is 34.4 Å². The van der Waals surface area contributed by atoms with Crippen molar-refractivity contribution in [2.24, 2.45) is 0 Å². The molecule has 0 saturated heterocycles. The molecule has 116 valence electrons. The van der Waals surface area contributed by atoms with E-state index < -0.39 is 6.09 Å². The fraction of sp³-hybridized carbons (Fsp3) is 0.167. The van der Waals surface area contributed by atoms with Crippen molar-refractivity contribution in [1.82, 2.24) is 15.0 Å². The molecular weight excluding hydrogens is 333 g/mol. The number of carbonyl (C=O) groups is 2. The molecule has 22 heavy (non-hydrogen) atoms. The number of benzene rings is 1. The molecule has 1 aromatic heterocycles. The molecule has 0 fully saturated rings. The van der Waals surface area contributed by atoms with Crippen molar-refractivity contribution in [3.8, 4) is 0 Å². The van der Waals surface area contributed by atoms with Gasteiger partial charge in [0.05, 0.1) is 24.0 Å². The fourth-order valence-electron chi connectivity index (χ4n) is 1.52. The normalized spacial score (nSPS) is 10.1. The van der Waals surface area contributed by atoms with E-state index in [2.05, 4.69) is 25.7 Å². The van der Waals surface area contributed by atoms with Gasteiger partial charge in [-0.15, -0.1) is 5.10 Å². The van der Waals surface area contributed by atoms with E-state index >= 15 is 0 Å². The smallest absolute Gasteiger partial charge is 0.412 e. The summed E-state index contributed by atoms with van der Waals surface area (Å²) in [5.41, 5.74) is 0.434. The standard InChI is InChI=1S/C12H11Cl2N5O3/c1-22-12(21)16-10-5-19(18-17-10)6-11(20)15-9-3-2-7(13)4-8(9)14/h2-5H,6H2,1H3,(H,15,20)(H,16,21). The van der Waals surface area contributed by atoms with E-state index in [1.807, 2.05) is 0 Å². The number of amides is 2. The highest BCUT2D eigenvalue weighted by Crippen LogP contribution is 2.25. The quantitative estimate of drug-likeness (QED) is 0.888. The van der Waals surface area contributed by atoms with Crippen LogP contribution < -0.4 is 10.6 Å². The fourth-order valence-corrected chi connectivity index (χ4v) is 1.97. The Labute approximate surface area is 135 Å². The zero-order chi connectivity index (χ0) is 16.1. The van der Waals surface area contributed by atoms with Crippen molar-refractivity contribution in [2.75, 3.05) is 17.7 Å². The average molecular weight is 344 g/mol. The van der Waals surface area contributed by atoms with Gasteiger partial charge in [-0.25, -0.2) is 9.48 Å². The second-order valence-corrected chi connectivity index (χ2v) is 4.93. The van der Waals surface area contributed by atoms with Crippen LogP contribution in [0.15, 0.2) is 24.4 Å². The van der Waals surface area contributed by atoms with Gasteiger partial charge in [0, 0.05) is 5.02 Å². The summed E-state index contributed by atoms with van der Waals surface area (Å²) >= 11 is 11.7. The van der Waals surface area contributed by atoms with Crippen LogP contribution in [0.3, 0.4) is 0 Å². The third-order valence-corrected chi connectivity index (χ3v) is 3.01. The van der Waals surface area contributed by atoms with Gasteiger partial charge >= 0.3 is 6.09 Å². The van der Waals surface area contributed by atoms with E-state index in [4.69, 9.17) is 23.2 Å². The molecule has 0 aliphatic heterocycles. The zero-order valence-corrected chi connectivity index (χ0v) is 12.9. The van der Waals surface area contributed by atoms with Crippen LogP contribution in [0, 0.1) is 0 Å². The molecule has 0 aliphatic carbocycles. The minimum atomic E-state index is -0.676. The molecule has 8 nitrogen and oxygen atoms in total. The Bertz CT molecular complexity index is 704. The molecule has 2 N–H and O–H groups in total. The molecule has 2 rings (SSSR count). The molecule has 0 saturated carbocycles. The lowest BCUT2D eigenvalue weighted by Crippen LogP contribution is -2.19. The maximum absolute atomic E-state index is 11.9. The lowest BCUT2D eigenvalue weighted by molar-refractivity contribution is -0.116. The number of methoxy groups -OCH3 is 1. The van der Waals surface area contributed by atoms with Crippen LogP contribution in [0.5, 0.6) is 0 Å². The first-order valence-corrected chi connectivity index (χ1v) is 6.73. The third-order valence-electron chi connectivity index (χ3n) is 2.47. The lowest BCUT2D eigenvalue weighted by Gasteiger charge is -2.07. The predicted octanol–water partition coefficient (Wildman–Crippen LogP) is 2.40. The Balaban J connectivity index is 1.96. The highest BCUT2D eigenvalue weighted by Gasteiger charge is 2.10. The van der Waals surface area contributed by atoms with Crippen molar-refractivity contribution in [2.45, 2.75) is 6.54 Å². The van der Waals surface area contributed by atoms with E-state index in [-0.39, 0.29) is 18.3 Å². The summed E-state index contributed by atoms with van der Waals surface area (Å²) in [6.07, 6.45) is 0.712. The first-order valence-electron chi connectivity index (χ1n) is 5.98. The number of rotatable bonds is 4. The molecular formula is C12H11Cl2N5O3. The summed E-state index contributed by atoms with van der Waals surface area (Å²) in [6.45, 7) is -0.102. The van der Waals surface area contributed by atoms with Gasteiger partial charge in [-0.1, -0.05) is 28.4 Å². The van der Waals surface area contributed by atoms with Crippen LogP contribution in [0.4, 0.5) is 16.3 Å². The molecule has 2 aromatic rings. The Morgan fingerprint density at radius 2 is 2.09 bits per heavy atom. The summed E-state index contributed by atoms with van der Waals surface area (Å²) in [5, 5.41) is 13.1. The van der Waals surface area contributed by atoms with E-state index in [9.17, 15) is 9.59 Å². The van der Waals surface area contributed by atoms with Crippen LogP contribution in [-0.2, 0) is 16.1 Å². The van der Waals surface area contributed by atoms with Crippen LogP contribution in [0.25, 0.3) is 0 Å². The van der Waals surface area contributed by atoms with Gasteiger partial charge in [-0.05, 0) is 18.2 Å². The Morgan fingerprint density at radius 1 is 1.32 bits per heavy atom. The topological polar surface area (TPSA) is 98.1 Å². The molecule has 0 unspecified atom stereocenters. The van der Waals surface area contributed by atoms with Gasteiger partial charge in [0.25, 0.3) is 0 Å². The summed E-state index contributed by atoms with van der Waals surface area (Å²) in [7, 11) is 1.23. The number of halogens is 2. The van der Waals surface area contributed by atoms with Crippen molar-refractivity contribution in [1.29, 1.82) is 0 Å². The number of anilines is 2. The summed E-state index contributed by atoms with van der Waals surface area (Å²) in [6, 6.07) is 4.72. The molecule has 0 atom stereocenters. The number of nitrogens with one attached hydrogen (secondary N) is 2. The van der Waals surface area contributed by atoms with Crippen molar-refractivity contribution < 1.29 is 14.3 Å². The van der Waals surface area contributed by atoms with Gasteiger partial charge in [0.1, 0.15) is 6.54 Å². The second-order valence-electron chi connectivity index (χ2n) is 4.09. The van der Waals surface area contributed by atoms with E-state index in [1.165, 1.54) is 24.1 Å². The molecule has 2 amide bonds. The van der Waals surface area contributed by atoms with E-state index in [1.54, 1.807) is 12.1 Å². The van der Waals surface area contributed by atoms with Gasteiger partial charge < -0.3 is 10.1 Å². The van der Waals surface area contributed by atoms with Gasteiger partial charge in [0.15, 0.2) is 5.82 Å². The molecule has 0 aliphatic rings.